The van der Waals surface area contributed by atoms with E-state index < -0.39 is 7.75 Å². The Labute approximate surface area is 74.1 Å². The van der Waals surface area contributed by atoms with Crippen LogP contribution in [0.1, 0.15) is 26.2 Å². The second-order valence-corrected chi connectivity index (χ2v) is 4.92. The normalized spacial score (nSPS) is 16.4. The van der Waals surface area contributed by atoms with E-state index >= 15 is 0 Å². The fourth-order valence-electron chi connectivity index (χ4n) is 0.651. The van der Waals surface area contributed by atoms with Gasteiger partial charge in [-0.15, -0.1) is 0 Å². The maximum absolute atomic E-state index is 11.1. The van der Waals surface area contributed by atoms with Crippen LogP contribution in [0.3, 0.4) is 0 Å². The summed E-state index contributed by atoms with van der Waals surface area (Å²) in [6.45, 7) is 2.43. The van der Waals surface area contributed by atoms with E-state index in [9.17, 15) is 4.57 Å². The summed E-state index contributed by atoms with van der Waals surface area (Å²) < 4.78 is 17.2. The highest BCUT2D eigenvalue weighted by atomic mass is 31.2. The Morgan fingerprint density at radius 2 is 2.00 bits per heavy atom. The lowest BCUT2D eigenvalue weighted by atomic mass is 10.3. The molecule has 0 aliphatic rings. The molecule has 1 atom stereocenters. The first-order chi connectivity index (χ1) is 5.50. The fourth-order valence-corrected chi connectivity index (χ4v) is 1.25. The molecule has 0 radical (unpaired) electrons. The molecule has 0 saturated carbocycles. The van der Waals surface area contributed by atoms with Crippen molar-refractivity contribution in [2.45, 2.75) is 26.2 Å². The highest BCUT2D eigenvalue weighted by Crippen LogP contribution is 2.43. The first-order valence-corrected chi connectivity index (χ1v) is 5.69. The second-order valence-electron chi connectivity index (χ2n) is 2.88. The van der Waals surface area contributed by atoms with E-state index in [0.717, 1.165) is 19.3 Å². The molecule has 0 bridgehead atoms. The molecule has 0 aliphatic carbocycles. The van der Waals surface area contributed by atoms with Crippen molar-refractivity contribution in [2.75, 3.05) is 20.7 Å². The summed E-state index contributed by atoms with van der Waals surface area (Å²) in [5.41, 5.74) is 0. The first-order valence-electron chi connectivity index (χ1n) is 4.16. The van der Waals surface area contributed by atoms with Gasteiger partial charge in [-0.25, -0.2) is 9.24 Å². The molecule has 0 aromatic heterocycles. The highest BCUT2D eigenvalue weighted by Gasteiger charge is 2.21. The molecular formula is C7H18NO3P. The number of hydrogen-bond donors (Lipinski definition) is 1. The third-order valence-corrected chi connectivity index (χ3v) is 3.04. The zero-order valence-corrected chi connectivity index (χ0v) is 8.88. The summed E-state index contributed by atoms with van der Waals surface area (Å²) in [6, 6.07) is 0. The van der Waals surface area contributed by atoms with Gasteiger partial charge in [0.15, 0.2) is 0 Å². The SMILES string of the molecule is CCCCCOP(=O)(O)N(C)C. The minimum Gasteiger partial charge on any atom is -0.312 e. The van der Waals surface area contributed by atoms with Gasteiger partial charge in [-0.3, -0.25) is 4.52 Å². The summed E-state index contributed by atoms with van der Waals surface area (Å²) in [7, 11) is -0.415. The lowest BCUT2D eigenvalue weighted by molar-refractivity contribution is 0.217. The first kappa shape index (κ1) is 12.1. The van der Waals surface area contributed by atoms with Crippen LogP contribution in [0.25, 0.3) is 0 Å². The van der Waals surface area contributed by atoms with Crippen LogP contribution >= 0.6 is 7.75 Å². The van der Waals surface area contributed by atoms with Crippen molar-refractivity contribution >= 4 is 7.75 Å². The minimum atomic E-state index is -3.47. The van der Waals surface area contributed by atoms with Gasteiger partial charge >= 0.3 is 7.75 Å². The lowest BCUT2D eigenvalue weighted by Crippen LogP contribution is -2.10. The van der Waals surface area contributed by atoms with Crippen LogP contribution in [0.15, 0.2) is 0 Å². The molecule has 1 N–H and O–H groups in total. The van der Waals surface area contributed by atoms with E-state index in [1.165, 1.54) is 18.8 Å². The molecule has 0 fully saturated rings. The topological polar surface area (TPSA) is 49.8 Å². The zero-order chi connectivity index (χ0) is 9.61. The van der Waals surface area contributed by atoms with Gasteiger partial charge in [-0.2, -0.15) is 0 Å². The Morgan fingerprint density at radius 1 is 1.42 bits per heavy atom. The molecule has 0 aromatic carbocycles. The van der Waals surface area contributed by atoms with Crippen molar-refractivity contribution in [1.82, 2.24) is 4.67 Å². The maximum atomic E-state index is 11.1. The van der Waals surface area contributed by atoms with Crippen LogP contribution < -0.4 is 0 Å². The van der Waals surface area contributed by atoms with Crippen LogP contribution in [0.5, 0.6) is 0 Å². The molecule has 0 rings (SSSR count). The monoisotopic (exact) mass is 195 g/mol. The van der Waals surface area contributed by atoms with Gasteiger partial charge in [0, 0.05) is 0 Å². The lowest BCUT2D eigenvalue weighted by Gasteiger charge is -2.17. The number of unbranched alkanes of at least 4 members (excludes halogenated alkanes) is 2. The highest BCUT2D eigenvalue weighted by molar-refractivity contribution is 7.50. The van der Waals surface area contributed by atoms with Crippen LogP contribution in [0, 0.1) is 0 Å². The fraction of sp³-hybridized carbons (Fsp3) is 1.00. The molecule has 12 heavy (non-hydrogen) atoms. The zero-order valence-electron chi connectivity index (χ0n) is 7.99. The van der Waals surface area contributed by atoms with E-state index in [1.54, 1.807) is 0 Å². The molecule has 0 saturated heterocycles. The molecule has 0 aliphatic heterocycles. The molecule has 0 heterocycles. The Bertz CT molecular complexity index is 161. The molecule has 0 amide bonds. The summed E-state index contributed by atoms with van der Waals surface area (Å²) in [6.07, 6.45) is 2.96. The molecule has 4 nitrogen and oxygen atoms in total. The third-order valence-electron chi connectivity index (χ3n) is 1.51. The van der Waals surface area contributed by atoms with Gasteiger partial charge in [0.25, 0.3) is 0 Å². The molecule has 1 unspecified atom stereocenters. The summed E-state index contributed by atoms with van der Waals surface area (Å²) in [4.78, 5) is 9.15. The van der Waals surface area contributed by atoms with E-state index in [2.05, 4.69) is 6.92 Å². The van der Waals surface area contributed by atoms with E-state index in [4.69, 9.17) is 9.42 Å². The van der Waals surface area contributed by atoms with Gasteiger partial charge in [0.2, 0.25) is 0 Å². The van der Waals surface area contributed by atoms with Crippen molar-refractivity contribution in [3.63, 3.8) is 0 Å². The van der Waals surface area contributed by atoms with Crippen molar-refractivity contribution in [3.8, 4) is 0 Å². The second kappa shape index (κ2) is 5.70. The van der Waals surface area contributed by atoms with E-state index in [-0.39, 0.29) is 0 Å². The minimum absolute atomic E-state index is 0.361. The Hall–Kier alpha value is 0.110. The summed E-state index contributed by atoms with van der Waals surface area (Å²) >= 11 is 0. The molecular weight excluding hydrogens is 177 g/mol. The number of hydrogen-bond acceptors (Lipinski definition) is 2. The number of nitrogens with zero attached hydrogens (tertiary/aromatic N) is 1. The number of rotatable bonds is 6. The molecule has 0 spiro atoms. The van der Waals surface area contributed by atoms with E-state index in [1.807, 2.05) is 0 Å². The van der Waals surface area contributed by atoms with Gasteiger partial charge in [0.05, 0.1) is 6.61 Å². The largest absolute Gasteiger partial charge is 0.405 e. The van der Waals surface area contributed by atoms with Gasteiger partial charge in [-0.1, -0.05) is 19.8 Å². The van der Waals surface area contributed by atoms with Crippen LogP contribution in [0.4, 0.5) is 0 Å². The average molecular weight is 195 g/mol. The van der Waals surface area contributed by atoms with Crippen LogP contribution in [0.2, 0.25) is 0 Å². The molecule has 0 aromatic rings. The van der Waals surface area contributed by atoms with Gasteiger partial charge in [0.1, 0.15) is 0 Å². The Morgan fingerprint density at radius 3 is 2.42 bits per heavy atom. The maximum Gasteiger partial charge on any atom is 0.405 e. The predicted molar refractivity (Wildman–Crippen MR) is 49.0 cm³/mol. The molecule has 5 heteroatoms. The van der Waals surface area contributed by atoms with Gasteiger partial charge < -0.3 is 4.89 Å². The summed E-state index contributed by atoms with van der Waals surface area (Å²) in [5, 5.41) is 0. The Balaban J connectivity index is 3.55. The van der Waals surface area contributed by atoms with Crippen molar-refractivity contribution in [2.24, 2.45) is 0 Å². The van der Waals surface area contributed by atoms with Crippen LogP contribution in [-0.2, 0) is 9.09 Å². The van der Waals surface area contributed by atoms with E-state index in [0.29, 0.717) is 6.61 Å². The predicted octanol–water partition coefficient (Wildman–Crippen LogP) is 1.86. The smallest absolute Gasteiger partial charge is 0.312 e. The summed E-state index contributed by atoms with van der Waals surface area (Å²) in [5.74, 6) is 0. The van der Waals surface area contributed by atoms with Gasteiger partial charge in [-0.05, 0) is 20.5 Å². The Kier molecular flexibility index (Phi) is 5.76. The quantitative estimate of drug-likeness (QED) is 0.519. The van der Waals surface area contributed by atoms with Crippen molar-refractivity contribution < 1.29 is 14.0 Å². The average Bonchev–Trinajstić information content (AvgIpc) is 1.98. The van der Waals surface area contributed by atoms with Crippen LogP contribution in [-0.4, -0.2) is 30.3 Å². The van der Waals surface area contributed by atoms with Crippen molar-refractivity contribution in [1.29, 1.82) is 0 Å². The van der Waals surface area contributed by atoms with Crippen molar-refractivity contribution in [3.05, 3.63) is 0 Å². The molecule has 74 valence electrons. The third kappa shape index (κ3) is 4.88. The standard InChI is InChI=1S/C7H18NO3P/c1-4-5-6-7-11-12(9,10)8(2)3/h4-7H2,1-3H3,(H,9,10).